The van der Waals surface area contributed by atoms with Gasteiger partial charge in [0.25, 0.3) is 0 Å². The Labute approximate surface area is 79.7 Å². The lowest BCUT2D eigenvalue weighted by Crippen LogP contribution is -2.04. The maximum absolute atomic E-state index is 5.69. The number of ether oxygens (including phenoxy) is 1. The summed E-state index contributed by atoms with van der Waals surface area (Å²) in [7, 11) is 0. The molecule has 2 N–H and O–H groups in total. The van der Waals surface area contributed by atoms with E-state index < -0.39 is 0 Å². The first-order chi connectivity index (χ1) is 6.08. The topological polar surface area (TPSA) is 35.2 Å². The fourth-order valence-corrected chi connectivity index (χ4v) is 1.12. The van der Waals surface area contributed by atoms with Gasteiger partial charge in [0.05, 0.1) is 6.61 Å². The van der Waals surface area contributed by atoms with E-state index in [0.717, 1.165) is 23.6 Å². The number of rotatable bonds is 3. The molecule has 0 unspecified atom stereocenters. The number of hydrogen-bond donors (Lipinski definition) is 1. The Morgan fingerprint density at radius 3 is 2.54 bits per heavy atom. The highest BCUT2D eigenvalue weighted by Crippen LogP contribution is 2.18. The Bertz CT molecular complexity index is 261. The molecule has 2 nitrogen and oxygen atoms in total. The number of hydrogen-bond acceptors (Lipinski definition) is 2. The van der Waals surface area contributed by atoms with Gasteiger partial charge in [-0.25, -0.2) is 0 Å². The zero-order valence-corrected chi connectivity index (χ0v) is 8.50. The van der Waals surface area contributed by atoms with Crippen LogP contribution in [0, 0.1) is 12.8 Å². The van der Waals surface area contributed by atoms with E-state index in [4.69, 9.17) is 10.5 Å². The molecular formula is C11H17NO. The van der Waals surface area contributed by atoms with Gasteiger partial charge in [0.2, 0.25) is 0 Å². The third kappa shape index (κ3) is 3.36. The van der Waals surface area contributed by atoms with Crippen LogP contribution in [0.1, 0.15) is 19.4 Å². The van der Waals surface area contributed by atoms with Crippen molar-refractivity contribution in [2.45, 2.75) is 20.8 Å². The van der Waals surface area contributed by atoms with E-state index >= 15 is 0 Å². The lowest BCUT2D eigenvalue weighted by molar-refractivity contribution is 0.271. The lowest BCUT2D eigenvalue weighted by atomic mass is 10.2. The summed E-state index contributed by atoms with van der Waals surface area (Å²) in [6, 6.07) is 5.79. The average Bonchev–Trinajstić information content (AvgIpc) is 1.99. The predicted molar refractivity (Wildman–Crippen MR) is 55.9 cm³/mol. The van der Waals surface area contributed by atoms with Crippen molar-refractivity contribution in [3.8, 4) is 5.75 Å². The summed E-state index contributed by atoms with van der Waals surface area (Å²) < 4.78 is 5.55. The first kappa shape index (κ1) is 9.90. The molecular weight excluding hydrogens is 162 g/mol. The Balaban J connectivity index is 2.66. The highest BCUT2D eigenvalue weighted by atomic mass is 16.5. The van der Waals surface area contributed by atoms with Crippen LogP contribution in [0.5, 0.6) is 5.75 Å². The summed E-state index contributed by atoms with van der Waals surface area (Å²) in [4.78, 5) is 0. The zero-order chi connectivity index (χ0) is 9.84. The third-order valence-electron chi connectivity index (χ3n) is 1.66. The minimum atomic E-state index is 0.543. The van der Waals surface area contributed by atoms with Crippen LogP contribution in [0.3, 0.4) is 0 Å². The van der Waals surface area contributed by atoms with Crippen LogP contribution in [-0.4, -0.2) is 6.61 Å². The van der Waals surface area contributed by atoms with Crippen molar-refractivity contribution >= 4 is 5.69 Å². The zero-order valence-electron chi connectivity index (χ0n) is 8.50. The fourth-order valence-electron chi connectivity index (χ4n) is 1.12. The molecule has 0 atom stereocenters. The van der Waals surface area contributed by atoms with Crippen molar-refractivity contribution in [2.75, 3.05) is 12.3 Å². The van der Waals surface area contributed by atoms with Crippen molar-refractivity contribution in [3.63, 3.8) is 0 Å². The van der Waals surface area contributed by atoms with Gasteiger partial charge in [-0.15, -0.1) is 0 Å². The summed E-state index contributed by atoms with van der Waals surface area (Å²) in [6.07, 6.45) is 0. The summed E-state index contributed by atoms with van der Waals surface area (Å²) in [5.41, 5.74) is 7.59. The molecule has 0 fully saturated rings. The smallest absolute Gasteiger partial charge is 0.121 e. The molecule has 2 heteroatoms. The van der Waals surface area contributed by atoms with Gasteiger partial charge in [-0.2, -0.15) is 0 Å². The van der Waals surface area contributed by atoms with E-state index in [1.54, 1.807) is 0 Å². The third-order valence-corrected chi connectivity index (χ3v) is 1.66. The maximum Gasteiger partial charge on any atom is 0.121 e. The Hall–Kier alpha value is -1.18. The van der Waals surface area contributed by atoms with Crippen LogP contribution in [0.4, 0.5) is 5.69 Å². The second-order valence-electron chi connectivity index (χ2n) is 3.78. The molecule has 1 aromatic carbocycles. The second kappa shape index (κ2) is 4.17. The molecule has 1 aromatic rings. The Kier molecular flexibility index (Phi) is 3.18. The van der Waals surface area contributed by atoms with E-state index in [0.29, 0.717) is 5.92 Å². The van der Waals surface area contributed by atoms with Gasteiger partial charge < -0.3 is 10.5 Å². The standard InChI is InChI=1S/C11H17NO/c1-8(2)7-13-11-5-9(3)4-10(12)6-11/h4-6,8H,7,12H2,1-3H3. The molecule has 0 heterocycles. The quantitative estimate of drug-likeness (QED) is 0.724. The Morgan fingerprint density at radius 1 is 1.31 bits per heavy atom. The van der Waals surface area contributed by atoms with Crippen LogP contribution in [-0.2, 0) is 0 Å². The summed E-state index contributed by atoms with van der Waals surface area (Å²) in [5.74, 6) is 1.41. The van der Waals surface area contributed by atoms with Gasteiger partial charge >= 0.3 is 0 Å². The van der Waals surface area contributed by atoms with Gasteiger partial charge in [0.15, 0.2) is 0 Å². The SMILES string of the molecule is Cc1cc(N)cc(OCC(C)C)c1. The molecule has 72 valence electrons. The molecule has 0 saturated heterocycles. The first-order valence-corrected chi connectivity index (χ1v) is 4.58. The first-order valence-electron chi connectivity index (χ1n) is 4.58. The molecule has 0 bridgehead atoms. The Morgan fingerprint density at radius 2 is 2.00 bits per heavy atom. The molecule has 13 heavy (non-hydrogen) atoms. The van der Waals surface area contributed by atoms with Crippen LogP contribution in [0.15, 0.2) is 18.2 Å². The number of nitrogen functional groups attached to an aromatic ring is 1. The molecule has 0 aromatic heterocycles. The fraction of sp³-hybridized carbons (Fsp3) is 0.455. The van der Waals surface area contributed by atoms with Crippen LogP contribution in [0.2, 0.25) is 0 Å². The lowest BCUT2D eigenvalue weighted by Gasteiger charge is -2.09. The van der Waals surface area contributed by atoms with Gasteiger partial charge in [0.1, 0.15) is 5.75 Å². The number of benzene rings is 1. The minimum Gasteiger partial charge on any atom is -0.493 e. The summed E-state index contributed by atoms with van der Waals surface area (Å²) >= 11 is 0. The van der Waals surface area contributed by atoms with Crippen molar-refractivity contribution < 1.29 is 4.74 Å². The largest absolute Gasteiger partial charge is 0.493 e. The van der Waals surface area contributed by atoms with Crippen molar-refractivity contribution in [1.29, 1.82) is 0 Å². The molecule has 1 rings (SSSR count). The number of anilines is 1. The molecule has 0 aliphatic carbocycles. The predicted octanol–water partition coefficient (Wildman–Crippen LogP) is 2.61. The van der Waals surface area contributed by atoms with Crippen LogP contribution in [0.25, 0.3) is 0 Å². The molecule has 0 aliphatic heterocycles. The van der Waals surface area contributed by atoms with E-state index in [-0.39, 0.29) is 0 Å². The molecule has 0 spiro atoms. The molecule has 0 amide bonds. The monoisotopic (exact) mass is 179 g/mol. The van der Waals surface area contributed by atoms with E-state index in [9.17, 15) is 0 Å². The highest BCUT2D eigenvalue weighted by molar-refractivity contribution is 5.47. The number of nitrogens with two attached hydrogens (primary N) is 1. The van der Waals surface area contributed by atoms with Crippen LogP contribution < -0.4 is 10.5 Å². The summed E-state index contributed by atoms with van der Waals surface area (Å²) in [6.45, 7) is 7.00. The van der Waals surface area contributed by atoms with Gasteiger partial charge in [-0.1, -0.05) is 13.8 Å². The highest BCUT2D eigenvalue weighted by Gasteiger charge is 1.98. The van der Waals surface area contributed by atoms with Crippen molar-refractivity contribution in [1.82, 2.24) is 0 Å². The van der Waals surface area contributed by atoms with Crippen LogP contribution >= 0.6 is 0 Å². The van der Waals surface area contributed by atoms with Gasteiger partial charge in [-0.3, -0.25) is 0 Å². The minimum absolute atomic E-state index is 0.543. The van der Waals surface area contributed by atoms with E-state index in [1.807, 2.05) is 25.1 Å². The normalized spacial score (nSPS) is 10.5. The molecule has 0 saturated carbocycles. The van der Waals surface area contributed by atoms with Crippen molar-refractivity contribution in [2.24, 2.45) is 5.92 Å². The van der Waals surface area contributed by atoms with Gasteiger partial charge in [0, 0.05) is 11.8 Å². The molecule has 0 aliphatic rings. The maximum atomic E-state index is 5.69. The van der Waals surface area contributed by atoms with E-state index in [2.05, 4.69) is 13.8 Å². The second-order valence-corrected chi connectivity index (χ2v) is 3.78. The van der Waals surface area contributed by atoms with Gasteiger partial charge in [-0.05, 0) is 30.5 Å². The number of aryl methyl sites for hydroxylation is 1. The van der Waals surface area contributed by atoms with Crippen molar-refractivity contribution in [3.05, 3.63) is 23.8 Å². The average molecular weight is 179 g/mol. The van der Waals surface area contributed by atoms with E-state index in [1.165, 1.54) is 0 Å². The molecule has 0 radical (unpaired) electrons. The summed E-state index contributed by atoms with van der Waals surface area (Å²) in [5, 5.41) is 0.